The van der Waals surface area contributed by atoms with Crippen LogP contribution in [-0.4, -0.2) is 23.5 Å². The standard InChI is InChI=1S/C21H25NO3/c1-14(2)10-15(3)20(23)22-13-19(21(24)25)12-16-8-9-17-6-4-5-7-18(17)11-16/h4-9,11,15,19H,1,10,12-13H2,2-3H3,(H,22,23)(H,24,25). The van der Waals surface area contributed by atoms with Gasteiger partial charge < -0.3 is 10.4 Å². The number of hydrogen-bond donors (Lipinski definition) is 2. The van der Waals surface area contributed by atoms with E-state index in [0.29, 0.717) is 12.8 Å². The van der Waals surface area contributed by atoms with Crippen LogP contribution in [0.3, 0.4) is 0 Å². The third-order valence-electron chi connectivity index (χ3n) is 4.27. The van der Waals surface area contributed by atoms with Crippen molar-refractivity contribution in [2.75, 3.05) is 6.54 Å². The molecule has 0 aromatic heterocycles. The molecule has 4 heteroatoms. The summed E-state index contributed by atoms with van der Waals surface area (Å²) < 4.78 is 0. The molecule has 0 saturated heterocycles. The predicted molar refractivity (Wildman–Crippen MR) is 100 cm³/mol. The van der Waals surface area contributed by atoms with Crippen LogP contribution in [0.2, 0.25) is 0 Å². The molecule has 2 unspecified atom stereocenters. The van der Waals surface area contributed by atoms with Gasteiger partial charge in [0.05, 0.1) is 5.92 Å². The van der Waals surface area contributed by atoms with E-state index < -0.39 is 11.9 Å². The van der Waals surface area contributed by atoms with Gasteiger partial charge >= 0.3 is 5.97 Å². The van der Waals surface area contributed by atoms with Crippen molar-refractivity contribution < 1.29 is 14.7 Å². The zero-order valence-corrected chi connectivity index (χ0v) is 14.8. The smallest absolute Gasteiger partial charge is 0.308 e. The Kier molecular flexibility index (Phi) is 6.34. The Labute approximate surface area is 148 Å². The summed E-state index contributed by atoms with van der Waals surface area (Å²) >= 11 is 0. The molecule has 0 aliphatic carbocycles. The molecule has 0 radical (unpaired) electrons. The molecule has 0 heterocycles. The van der Waals surface area contributed by atoms with E-state index in [9.17, 15) is 14.7 Å². The normalized spacial score (nSPS) is 13.2. The van der Waals surface area contributed by atoms with Crippen LogP contribution in [0.5, 0.6) is 0 Å². The fraction of sp³-hybridized carbons (Fsp3) is 0.333. The van der Waals surface area contributed by atoms with Crippen molar-refractivity contribution in [3.05, 3.63) is 60.2 Å². The van der Waals surface area contributed by atoms with Crippen LogP contribution in [0.25, 0.3) is 10.8 Å². The lowest BCUT2D eigenvalue weighted by Gasteiger charge is -2.16. The number of allylic oxidation sites excluding steroid dienone is 1. The lowest BCUT2D eigenvalue weighted by Crippen LogP contribution is -2.36. The number of nitrogens with one attached hydrogen (secondary N) is 1. The minimum absolute atomic E-state index is 0.127. The second-order valence-corrected chi connectivity index (χ2v) is 6.73. The average molecular weight is 339 g/mol. The van der Waals surface area contributed by atoms with Gasteiger partial charge in [-0.05, 0) is 36.1 Å². The van der Waals surface area contributed by atoms with Gasteiger partial charge in [0.2, 0.25) is 5.91 Å². The SMILES string of the molecule is C=C(C)CC(C)C(=O)NCC(Cc1ccc2ccccc2c1)C(=O)O. The van der Waals surface area contributed by atoms with Crippen LogP contribution < -0.4 is 5.32 Å². The summed E-state index contributed by atoms with van der Waals surface area (Å²) in [7, 11) is 0. The van der Waals surface area contributed by atoms with Gasteiger partial charge in [-0.3, -0.25) is 9.59 Å². The Morgan fingerprint density at radius 3 is 2.48 bits per heavy atom. The highest BCUT2D eigenvalue weighted by molar-refractivity contribution is 5.83. The van der Waals surface area contributed by atoms with E-state index in [1.165, 1.54) is 0 Å². The zero-order valence-electron chi connectivity index (χ0n) is 14.8. The zero-order chi connectivity index (χ0) is 18.4. The largest absolute Gasteiger partial charge is 0.481 e. The van der Waals surface area contributed by atoms with Gasteiger partial charge in [0.1, 0.15) is 0 Å². The van der Waals surface area contributed by atoms with Crippen molar-refractivity contribution in [2.24, 2.45) is 11.8 Å². The van der Waals surface area contributed by atoms with Crippen LogP contribution in [0.15, 0.2) is 54.6 Å². The first-order chi connectivity index (χ1) is 11.9. The molecule has 0 aliphatic rings. The number of carbonyl (C=O) groups excluding carboxylic acids is 1. The molecular formula is C21H25NO3. The summed E-state index contributed by atoms with van der Waals surface area (Å²) in [5, 5.41) is 14.5. The number of rotatable bonds is 8. The lowest BCUT2D eigenvalue weighted by molar-refractivity contribution is -0.141. The van der Waals surface area contributed by atoms with Gasteiger partial charge in [-0.15, -0.1) is 6.58 Å². The Bertz CT molecular complexity index is 782. The van der Waals surface area contributed by atoms with Gasteiger partial charge in [-0.2, -0.15) is 0 Å². The summed E-state index contributed by atoms with van der Waals surface area (Å²) in [6, 6.07) is 13.9. The van der Waals surface area contributed by atoms with Crippen LogP contribution in [0.1, 0.15) is 25.8 Å². The minimum atomic E-state index is -0.902. The van der Waals surface area contributed by atoms with Crippen molar-refractivity contribution in [2.45, 2.75) is 26.7 Å². The molecule has 132 valence electrons. The molecule has 2 aromatic rings. The quantitative estimate of drug-likeness (QED) is 0.719. The first-order valence-electron chi connectivity index (χ1n) is 8.49. The highest BCUT2D eigenvalue weighted by Crippen LogP contribution is 2.18. The third-order valence-corrected chi connectivity index (χ3v) is 4.27. The number of hydrogen-bond acceptors (Lipinski definition) is 2. The molecule has 25 heavy (non-hydrogen) atoms. The molecule has 4 nitrogen and oxygen atoms in total. The van der Waals surface area contributed by atoms with Crippen LogP contribution in [0.4, 0.5) is 0 Å². The lowest BCUT2D eigenvalue weighted by atomic mass is 9.96. The maximum absolute atomic E-state index is 12.1. The van der Waals surface area contributed by atoms with E-state index in [4.69, 9.17) is 0 Å². The van der Waals surface area contributed by atoms with Crippen molar-refractivity contribution in [3.8, 4) is 0 Å². The molecule has 0 saturated carbocycles. The number of carboxylic acids is 1. The number of carboxylic acid groups (broad SMARTS) is 1. The van der Waals surface area contributed by atoms with Crippen molar-refractivity contribution >= 4 is 22.6 Å². The number of amides is 1. The molecular weight excluding hydrogens is 314 g/mol. The molecule has 2 aromatic carbocycles. The molecule has 2 N–H and O–H groups in total. The van der Waals surface area contributed by atoms with E-state index in [2.05, 4.69) is 11.9 Å². The monoisotopic (exact) mass is 339 g/mol. The van der Waals surface area contributed by atoms with Gasteiger partial charge in [0.25, 0.3) is 0 Å². The van der Waals surface area contributed by atoms with Crippen LogP contribution in [-0.2, 0) is 16.0 Å². The van der Waals surface area contributed by atoms with Crippen LogP contribution >= 0.6 is 0 Å². The van der Waals surface area contributed by atoms with Gasteiger partial charge in [0.15, 0.2) is 0 Å². The summed E-state index contributed by atoms with van der Waals surface area (Å²) in [5.74, 6) is -1.89. The average Bonchev–Trinajstić information content (AvgIpc) is 2.57. The molecule has 0 aliphatic heterocycles. The van der Waals surface area contributed by atoms with Crippen molar-refractivity contribution in [1.29, 1.82) is 0 Å². The van der Waals surface area contributed by atoms with E-state index in [1.54, 1.807) is 0 Å². The Hall–Kier alpha value is -2.62. The van der Waals surface area contributed by atoms with E-state index in [1.807, 2.05) is 56.3 Å². The van der Waals surface area contributed by atoms with E-state index in [-0.39, 0.29) is 18.4 Å². The Morgan fingerprint density at radius 1 is 1.16 bits per heavy atom. The second-order valence-electron chi connectivity index (χ2n) is 6.73. The van der Waals surface area contributed by atoms with Crippen molar-refractivity contribution in [3.63, 3.8) is 0 Å². The van der Waals surface area contributed by atoms with Crippen molar-refractivity contribution in [1.82, 2.24) is 5.32 Å². The van der Waals surface area contributed by atoms with E-state index >= 15 is 0 Å². The van der Waals surface area contributed by atoms with Gasteiger partial charge in [-0.25, -0.2) is 0 Å². The molecule has 0 spiro atoms. The fourth-order valence-corrected chi connectivity index (χ4v) is 2.91. The second kappa shape index (κ2) is 8.47. The van der Waals surface area contributed by atoms with Crippen LogP contribution in [0, 0.1) is 11.8 Å². The number of benzene rings is 2. The number of carbonyl (C=O) groups is 2. The van der Waals surface area contributed by atoms with Gasteiger partial charge in [-0.1, -0.05) is 55.0 Å². The molecule has 1 amide bonds. The number of fused-ring (bicyclic) bond motifs is 1. The summed E-state index contributed by atoms with van der Waals surface area (Å²) in [5.41, 5.74) is 1.89. The maximum atomic E-state index is 12.1. The fourth-order valence-electron chi connectivity index (χ4n) is 2.91. The first kappa shape index (κ1) is 18.7. The number of aliphatic carboxylic acids is 1. The summed E-state index contributed by atoms with van der Waals surface area (Å²) in [6.07, 6.45) is 0.990. The topological polar surface area (TPSA) is 66.4 Å². The minimum Gasteiger partial charge on any atom is -0.481 e. The highest BCUT2D eigenvalue weighted by atomic mass is 16.4. The summed E-state index contributed by atoms with van der Waals surface area (Å²) in [4.78, 5) is 23.6. The summed E-state index contributed by atoms with van der Waals surface area (Å²) in [6.45, 7) is 7.64. The Balaban J connectivity index is 2.01. The molecule has 2 rings (SSSR count). The third kappa shape index (κ3) is 5.45. The maximum Gasteiger partial charge on any atom is 0.308 e. The Morgan fingerprint density at radius 2 is 1.84 bits per heavy atom. The molecule has 2 atom stereocenters. The first-order valence-corrected chi connectivity index (χ1v) is 8.49. The van der Waals surface area contributed by atoms with Gasteiger partial charge in [0, 0.05) is 12.5 Å². The highest BCUT2D eigenvalue weighted by Gasteiger charge is 2.21. The predicted octanol–water partition coefficient (Wildman–Crippen LogP) is 3.80. The molecule has 0 fully saturated rings. The molecule has 0 bridgehead atoms. The van der Waals surface area contributed by atoms with E-state index in [0.717, 1.165) is 21.9 Å².